The average molecular weight is 271 g/mol. The molecule has 1 aromatic rings. The van der Waals surface area contributed by atoms with Crippen LogP contribution in [0.25, 0.3) is 0 Å². The number of aliphatic imine (C=N–C) groups is 1. The quantitative estimate of drug-likeness (QED) is 0.683. The Labute approximate surface area is 120 Å². The largest absolute Gasteiger partial charge is 0.288 e. The maximum atomic E-state index is 4.76. The van der Waals surface area contributed by atoms with Crippen LogP contribution in [0.2, 0.25) is 0 Å². The van der Waals surface area contributed by atoms with Crippen molar-refractivity contribution in [2.24, 2.45) is 10.9 Å². The molecule has 0 aliphatic heterocycles. The maximum absolute atomic E-state index is 4.76. The molecule has 1 nitrogen and oxygen atoms in total. The fourth-order valence-corrected chi connectivity index (χ4v) is 3.10. The molecule has 1 atom stereocenters. The van der Waals surface area contributed by atoms with E-state index in [4.69, 9.17) is 4.99 Å². The monoisotopic (exact) mass is 271 g/mol. The van der Waals surface area contributed by atoms with Gasteiger partial charge in [-0.3, -0.25) is 4.99 Å². The van der Waals surface area contributed by atoms with Crippen LogP contribution in [0.5, 0.6) is 0 Å². The van der Waals surface area contributed by atoms with Gasteiger partial charge in [0.15, 0.2) is 0 Å². The first-order chi connectivity index (χ1) is 9.25. The van der Waals surface area contributed by atoms with E-state index in [2.05, 4.69) is 56.3 Å². The van der Waals surface area contributed by atoms with Gasteiger partial charge in [-0.05, 0) is 22.8 Å². The minimum Gasteiger partial charge on any atom is -0.288 e. The molecule has 0 aromatic heterocycles. The van der Waals surface area contributed by atoms with Gasteiger partial charge in [-0.1, -0.05) is 62.4 Å². The lowest BCUT2D eigenvalue weighted by Crippen LogP contribution is -2.16. The zero-order valence-electron chi connectivity index (χ0n) is 11.6. The van der Waals surface area contributed by atoms with Crippen LogP contribution in [0.15, 0.2) is 58.5 Å². The average Bonchev–Trinajstić information content (AvgIpc) is 2.92. The van der Waals surface area contributed by atoms with E-state index < -0.39 is 0 Å². The van der Waals surface area contributed by atoms with Gasteiger partial charge < -0.3 is 0 Å². The molecule has 0 bridgehead atoms. The Morgan fingerprint density at radius 1 is 1.26 bits per heavy atom. The summed E-state index contributed by atoms with van der Waals surface area (Å²) in [6.07, 6.45) is 9.66. The third-order valence-electron chi connectivity index (χ3n) is 3.16. The van der Waals surface area contributed by atoms with Crippen molar-refractivity contribution >= 4 is 18.0 Å². The van der Waals surface area contributed by atoms with E-state index in [1.54, 1.807) is 0 Å². The smallest absolute Gasteiger partial charge is 0.0616 e. The highest BCUT2D eigenvalue weighted by Crippen LogP contribution is 2.26. The predicted octanol–water partition coefficient (Wildman–Crippen LogP) is 4.71. The molecule has 0 amide bonds. The molecule has 0 spiro atoms. The van der Waals surface area contributed by atoms with Crippen LogP contribution in [0.3, 0.4) is 0 Å². The molecule has 1 aliphatic carbocycles. The van der Waals surface area contributed by atoms with E-state index in [0.29, 0.717) is 12.0 Å². The number of hydrogen-bond acceptors (Lipinski definition) is 2. The van der Waals surface area contributed by atoms with Crippen molar-refractivity contribution in [2.75, 3.05) is 5.75 Å². The molecule has 0 radical (unpaired) electrons. The molecule has 2 rings (SSSR count). The summed E-state index contributed by atoms with van der Waals surface area (Å²) in [5.74, 6) is 1.64. The normalized spacial score (nSPS) is 16.3. The van der Waals surface area contributed by atoms with E-state index in [-0.39, 0.29) is 0 Å². The van der Waals surface area contributed by atoms with Crippen LogP contribution in [0.1, 0.15) is 25.8 Å². The van der Waals surface area contributed by atoms with Gasteiger partial charge in [0, 0.05) is 12.0 Å². The minimum absolute atomic E-state index is 0.381. The van der Waals surface area contributed by atoms with Crippen molar-refractivity contribution in [3.63, 3.8) is 0 Å². The number of hydrogen-bond donors (Lipinski definition) is 0. The molecule has 0 saturated carbocycles. The number of nitrogens with zero attached hydrogens (tertiary/aromatic N) is 1. The second kappa shape index (κ2) is 7.34. The highest BCUT2D eigenvalue weighted by Gasteiger charge is 2.12. The lowest BCUT2D eigenvalue weighted by Gasteiger charge is -2.16. The van der Waals surface area contributed by atoms with Gasteiger partial charge in [0.25, 0.3) is 0 Å². The molecular formula is C17H21NS. The first-order valence-corrected chi connectivity index (χ1v) is 7.81. The molecule has 100 valence electrons. The molecule has 0 N–H and O–H groups in total. The standard InChI is InChI=1S/C17H21NS/c1-14(2)17(13-19-16-10-6-7-11-16)18-12-15-8-4-3-5-9-15/h3-10,12,14,17H,11,13H2,1-2H3/t17-/m1/s1. The zero-order valence-corrected chi connectivity index (χ0v) is 12.4. The van der Waals surface area contributed by atoms with E-state index in [1.165, 1.54) is 10.5 Å². The highest BCUT2D eigenvalue weighted by atomic mass is 32.2. The van der Waals surface area contributed by atoms with Crippen LogP contribution in [0, 0.1) is 5.92 Å². The van der Waals surface area contributed by atoms with Crippen molar-refractivity contribution in [1.29, 1.82) is 0 Å². The Morgan fingerprint density at radius 2 is 2.05 bits per heavy atom. The molecular weight excluding hydrogens is 250 g/mol. The highest BCUT2D eigenvalue weighted by molar-refractivity contribution is 8.03. The minimum atomic E-state index is 0.381. The van der Waals surface area contributed by atoms with Gasteiger partial charge in [0.05, 0.1) is 6.04 Å². The lowest BCUT2D eigenvalue weighted by molar-refractivity contribution is 0.540. The Balaban J connectivity index is 1.90. The SMILES string of the molecule is CC(C)[C@@H](CSC1=CC=CC1)N=Cc1ccccc1. The molecule has 19 heavy (non-hydrogen) atoms. The number of allylic oxidation sites excluding steroid dienone is 4. The molecule has 2 heteroatoms. The zero-order chi connectivity index (χ0) is 13.5. The summed E-state index contributed by atoms with van der Waals surface area (Å²) < 4.78 is 0. The van der Waals surface area contributed by atoms with Gasteiger partial charge >= 0.3 is 0 Å². The summed E-state index contributed by atoms with van der Waals surface area (Å²) in [6, 6.07) is 10.7. The Hall–Kier alpha value is -1.28. The summed E-state index contributed by atoms with van der Waals surface area (Å²) >= 11 is 1.94. The van der Waals surface area contributed by atoms with Gasteiger partial charge in [0.1, 0.15) is 0 Å². The Kier molecular flexibility index (Phi) is 5.46. The van der Waals surface area contributed by atoms with Crippen LogP contribution >= 0.6 is 11.8 Å². The summed E-state index contributed by atoms with van der Waals surface area (Å²) in [5.41, 5.74) is 1.18. The van der Waals surface area contributed by atoms with Crippen LogP contribution in [0.4, 0.5) is 0 Å². The maximum Gasteiger partial charge on any atom is 0.0616 e. The summed E-state index contributed by atoms with van der Waals surface area (Å²) in [4.78, 5) is 6.22. The van der Waals surface area contributed by atoms with Crippen LogP contribution in [-0.4, -0.2) is 18.0 Å². The third kappa shape index (κ3) is 4.71. The van der Waals surface area contributed by atoms with Crippen molar-refractivity contribution < 1.29 is 0 Å². The van der Waals surface area contributed by atoms with E-state index in [0.717, 1.165) is 12.2 Å². The summed E-state index contributed by atoms with van der Waals surface area (Å²) in [6.45, 7) is 4.49. The first kappa shape index (κ1) is 14.1. The number of rotatable bonds is 6. The summed E-state index contributed by atoms with van der Waals surface area (Å²) in [7, 11) is 0. The van der Waals surface area contributed by atoms with Crippen LogP contribution < -0.4 is 0 Å². The molecule has 0 heterocycles. The van der Waals surface area contributed by atoms with Gasteiger partial charge in [-0.2, -0.15) is 0 Å². The number of thioether (sulfide) groups is 1. The molecule has 1 aromatic carbocycles. The third-order valence-corrected chi connectivity index (χ3v) is 4.34. The first-order valence-electron chi connectivity index (χ1n) is 6.82. The fourth-order valence-electron chi connectivity index (χ4n) is 1.86. The second-order valence-corrected chi connectivity index (χ2v) is 6.22. The lowest BCUT2D eigenvalue weighted by atomic mass is 10.1. The molecule has 0 saturated heterocycles. The van der Waals surface area contributed by atoms with Crippen molar-refractivity contribution in [1.82, 2.24) is 0 Å². The van der Waals surface area contributed by atoms with Gasteiger partial charge in [0.2, 0.25) is 0 Å². The van der Waals surface area contributed by atoms with Crippen molar-refractivity contribution in [3.8, 4) is 0 Å². The summed E-state index contributed by atoms with van der Waals surface area (Å²) in [5, 5.41) is 0. The molecule has 0 unspecified atom stereocenters. The van der Waals surface area contributed by atoms with E-state index in [9.17, 15) is 0 Å². The van der Waals surface area contributed by atoms with Crippen molar-refractivity contribution in [3.05, 3.63) is 59.0 Å². The second-order valence-electron chi connectivity index (χ2n) is 5.08. The van der Waals surface area contributed by atoms with Gasteiger partial charge in [-0.15, -0.1) is 11.8 Å². The van der Waals surface area contributed by atoms with E-state index >= 15 is 0 Å². The van der Waals surface area contributed by atoms with Gasteiger partial charge in [-0.25, -0.2) is 0 Å². The predicted molar refractivity (Wildman–Crippen MR) is 87.0 cm³/mol. The number of benzene rings is 1. The Morgan fingerprint density at radius 3 is 2.68 bits per heavy atom. The van der Waals surface area contributed by atoms with Crippen molar-refractivity contribution in [2.45, 2.75) is 26.3 Å². The fraction of sp³-hybridized carbons (Fsp3) is 0.353. The molecule has 0 fully saturated rings. The van der Waals surface area contributed by atoms with E-state index in [1.807, 2.05) is 24.0 Å². The topological polar surface area (TPSA) is 12.4 Å². The Bertz CT molecular complexity index is 471. The van der Waals surface area contributed by atoms with Crippen LogP contribution in [-0.2, 0) is 0 Å². The molecule has 1 aliphatic rings.